The number of nitrogens with zero attached hydrogens (tertiary/aromatic N) is 3. The van der Waals surface area contributed by atoms with Gasteiger partial charge in [-0.2, -0.15) is 8.42 Å². The zero-order chi connectivity index (χ0) is 18.5. The fourth-order valence-corrected chi connectivity index (χ4v) is 4.35. The highest BCUT2D eigenvalue weighted by molar-refractivity contribution is 7.94. The third kappa shape index (κ3) is 2.50. The highest BCUT2D eigenvalue weighted by Gasteiger charge is 2.35. The molecule has 0 saturated carbocycles. The molecular formula is C18H18N4O3S. The molecular weight excluding hydrogens is 352 g/mol. The summed E-state index contributed by atoms with van der Waals surface area (Å²) in [6, 6.07) is 14.9. The average molecular weight is 370 g/mol. The summed E-state index contributed by atoms with van der Waals surface area (Å²) in [5.41, 5.74) is 2.67. The number of hydrogen-bond acceptors (Lipinski definition) is 3. The van der Waals surface area contributed by atoms with Crippen LogP contribution in [0.4, 0.5) is 17.1 Å². The number of nitrogens with one attached hydrogen (secondary N) is 1. The molecule has 0 spiro atoms. The van der Waals surface area contributed by atoms with E-state index >= 15 is 0 Å². The molecule has 1 aliphatic heterocycles. The molecule has 0 bridgehead atoms. The highest BCUT2D eigenvalue weighted by atomic mass is 32.2. The van der Waals surface area contributed by atoms with Crippen molar-refractivity contribution in [3.05, 3.63) is 54.7 Å². The summed E-state index contributed by atoms with van der Waals surface area (Å²) in [4.78, 5) is 12.4. The Balaban J connectivity index is 1.55. The number of carbonyl (C=O) groups is 1. The standard InChI is InChI=1S/C18H18N4O3S/c1-20-16-8-7-14(11-17(16)21(2)26(20,24)25)19-18(23)12-22-10-9-13-5-3-4-6-15(13)22/h3-11H,12H2,1-2H3,(H,19,23). The monoisotopic (exact) mass is 370 g/mol. The van der Waals surface area contributed by atoms with Crippen molar-refractivity contribution < 1.29 is 13.2 Å². The van der Waals surface area contributed by atoms with Gasteiger partial charge >= 0.3 is 10.2 Å². The minimum atomic E-state index is -3.52. The molecule has 8 heteroatoms. The predicted octanol–water partition coefficient (Wildman–Crippen LogP) is 2.41. The molecule has 1 N–H and O–H groups in total. The number of amides is 1. The second kappa shape index (κ2) is 5.77. The maximum Gasteiger partial charge on any atom is 0.326 e. The van der Waals surface area contributed by atoms with Crippen molar-refractivity contribution in [1.82, 2.24) is 4.57 Å². The van der Waals surface area contributed by atoms with Gasteiger partial charge in [0.2, 0.25) is 5.91 Å². The molecule has 0 atom stereocenters. The Morgan fingerprint density at radius 3 is 2.54 bits per heavy atom. The summed E-state index contributed by atoms with van der Waals surface area (Å²) in [5, 5.41) is 3.91. The molecule has 2 heterocycles. The molecule has 3 aromatic rings. The SMILES string of the molecule is CN1c2ccc(NC(=O)Cn3ccc4ccccc43)cc2N(C)S1(=O)=O. The van der Waals surface area contributed by atoms with E-state index in [0.29, 0.717) is 17.1 Å². The molecule has 0 fully saturated rings. The number of para-hydroxylation sites is 1. The predicted molar refractivity (Wildman–Crippen MR) is 103 cm³/mol. The molecule has 134 valence electrons. The summed E-state index contributed by atoms with van der Waals surface area (Å²) in [6.07, 6.45) is 1.88. The zero-order valence-electron chi connectivity index (χ0n) is 14.4. The van der Waals surface area contributed by atoms with Crippen LogP contribution >= 0.6 is 0 Å². The molecule has 2 aromatic carbocycles. The van der Waals surface area contributed by atoms with Gasteiger partial charge in [-0.3, -0.25) is 13.4 Å². The van der Waals surface area contributed by atoms with Gasteiger partial charge in [0.15, 0.2) is 0 Å². The maximum atomic E-state index is 12.4. The van der Waals surface area contributed by atoms with Crippen LogP contribution in [-0.2, 0) is 21.5 Å². The van der Waals surface area contributed by atoms with Crippen molar-refractivity contribution >= 4 is 44.1 Å². The van der Waals surface area contributed by atoms with E-state index in [-0.39, 0.29) is 12.5 Å². The van der Waals surface area contributed by atoms with E-state index in [0.717, 1.165) is 10.9 Å². The lowest BCUT2D eigenvalue weighted by Crippen LogP contribution is -2.32. The lowest BCUT2D eigenvalue weighted by Gasteiger charge is -2.13. The lowest BCUT2D eigenvalue weighted by molar-refractivity contribution is -0.116. The van der Waals surface area contributed by atoms with Gasteiger partial charge in [-0.25, -0.2) is 0 Å². The van der Waals surface area contributed by atoms with Crippen LogP contribution in [0.2, 0.25) is 0 Å². The van der Waals surface area contributed by atoms with Crippen molar-refractivity contribution in [2.75, 3.05) is 28.0 Å². The van der Waals surface area contributed by atoms with E-state index < -0.39 is 10.2 Å². The second-order valence-corrected chi connectivity index (χ2v) is 8.19. The number of rotatable bonds is 3. The molecule has 26 heavy (non-hydrogen) atoms. The zero-order valence-corrected chi connectivity index (χ0v) is 15.2. The van der Waals surface area contributed by atoms with Gasteiger partial charge in [0.05, 0.1) is 11.4 Å². The number of fused-ring (bicyclic) bond motifs is 2. The molecule has 1 aromatic heterocycles. The van der Waals surface area contributed by atoms with E-state index in [4.69, 9.17) is 0 Å². The summed E-state index contributed by atoms with van der Waals surface area (Å²) >= 11 is 0. The van der Waals surface area contributed by atoms with Crippen LogP contribution in [0.15, 0.2) is 54.7 Å². The van der Waals surface area contributed by atoms with Crippen LogP contribution in [0.1, 0.15) is 0 Å². The quantitative estimate of drug-likeness (QED) is 0.769. The Labute approximate surface area is 151 Å². The fourth-order valence-electron chi connectivity index (χ4n) is 3.19. The van der Waals surface area contributed by atoms with Crippen LogP contribution in [0, 0.1) is 0 Å². The van der Waals surface area contributed by atoms with Crippen molar-refractivity contribution in [3.8, 4) is 0 Å². The van der Waals surface area contributed by atoms with Gasteiger partial charge in [0.1, 0.15) is 6.54 Å². The highest BCUT2D eigenvalue weighted by Crippen LogP contribution is 2.40. The molecule has 0 aliphatic carbocycles. The third-order valence-corrected chi connectivity index (χ3v) is 6.40. The topological polar surface area (TPSA) is 74.7 Å². The van der Waals surface area contributed by atoms with Gasteiger partial charge in [-0.15, -0.1) is 0 Å². The third-order valence-electron chi connectivity index (χ3n) is 4.62. The van der Waals surface area contributed by atoms with E-state index in [2.05, 4.69) is 5.32 Å². The first-order chi connectivity index (χ1) is 12.4. The maximum absolute atomic E-state index is 12.4. The normalized spacial score (nSPS) is 15.3. The summed E-state index contributed by atoms with van der Waals surface area (Å²) in [6.45, 7) is 0.179. The Morgan fingerprint density at radius 2 is 1.73 bits per heavy atom. The number of aromatic nitrogens is 1. The van der Waals surface area contributed by atoms with Gasteiger partial charge in [-0.05, 0) is 35.7 Å². The average Bonchev–Trinajstić information content (AvgIpc) is 3.09. The first kappa shape index (κ1) is 16.5. The van der Waals surface area contributed by atoms with Gasteiger partial charge in [0.25, 0.3) is 0 Å². The molecule has 1 amide bonds. The van der Waals surface area contributed by atoms with Gasteiger partial charge in [-0.1, -0.05) is 18.2 Å². The molecule has 0 unspecified atom stereocenters. The Hall–Kier alpha value is -3.00. The van der Waals surface area contributed by atoms with Crippen molar-refractivity contribution in [2.45, 2.75) is 6.54 Å². The van der Waals surface area contributed by atoms with E-state index in [1.54, 1.807) is 18.2 Å². The number of anilines is 3. The van der Waals surface area contributed by atoms with Crippen LogP contribution < -0.4 is 13.9 Å². The Morgan fingerprint density at radius 1 is 1.00 bits per heavy atom. The summed E-state index contributed by atoms with van der Waals surface area (Å²) in [5.74, 6) is -0.178. The number of hydrogen-bond donors (Lipinski definition) is 1. The summed E-state index contributed by atoms with van der Waals surface area (Å²) in [7, 11) is -0.521. The second-order valence-electron chi connectivity index (χ2n) is 6.20. The minimum absolute atomic E-state index is 0.178. The van der Waals surface area contributed by atoms with Crippen molar-refractivity contribution in [2.24, 2.45) is 0 Å². The number of carbonyl (C=O) groups excluding carboxylic acids is 1. The molecule has 1 aliphatic rings. The first-order valence-corrected chi connectivity index (χ1v) is 9.48. The van der Waals surface area contributed by atoms with E-state index in [1.165, 1.54) is 22.7 Å². The number of benzene rings is 2. The largest absolute Gasteiger partial charge is 0.338 e. The van der Waals surface area contributed by atoms with Gasteiger partial charge in [0, 0.05) is 31.5 Å². The Bertz CT molecular complexity index is 1120. The van der Waals surface area contributed by atoms with Crippen molar-refractivity contribution in [3.63, 3.8) is 0 Å². The smallest absolute Gasteiger partial charge is 0.326 e. The van der Waals surface area contributed by atoms with Crippen LogP contribution in [0.3, 0.4) is 0 Å². The van der Waals surface area contributed by atoms with Crippen LogP contribution in [-0.4, -0.2) is 33.0 Å². The van der Waals surface area contributed by atoms with Crippen molar-refractivity contribution in [1.29, 1.82) is 0 Å². The molecule has 0 radical (unpaired) electrons. The van der Waals surface area contributed by atoms with E-state index in [9.17, 15) is 13.2 Å². The van der Waals surface area contributed by atoms with Crippen LogP contribution in [0.5, 0.6) is 0 Å². The van der Waals surface area contributed by atoms with E-state index in [1.807, 2.05) is 41.1 Å². The van der Waals surface area contributed by atoms with Gasteiger partial charge < -0.3 is 9.88 Å². The molecule has 7 nitrogen and oxygen atoms in total. The first-order valence-electron chi connectivity index (χ1n) is 8.08. The molecule has 4 rings (SSSR count). The fraction of sp³-hybridized carbons (Fsp3) is 0.167. The minimum Gasteiger partial charge on any atom is -0.338 e. The Kier molecular flexibility index (Phi) is 3.66. The lowest BCUT2D eigenvalue weighted by atomic mass is 10.2. The van der Waals surface area contributed by atoms with Crippen LogP contribution in [0.25, 0.3) is 10.9 Å². The summed E-state index contributed by atoms with van der Waals surface area (Å²) < 4.78 is 28.7. The molecule has 0 saturated heterocycles.